The van der Waals surface area contributed by atoms with E-state index < -0.39 is 12.0 Å². The first-order valence-electron chi connectivity index (χ1n) is 3.63. The van der Waals surface area contributed by atoms with E-state index in [1.54, 1.807) is 6.07 Å². The first-order valence-corrected chi connectivity index (χ1v) is 4.16. The Morgan fingerprint density at radius 1 is 1.64 bits per heavy atom. The van der Waals surface area contributed by atoms with E-state index in [1.165, 1.54) is 0 Å². The van der Waals surface area contributed by atoms with E-state index in [4.69, 9.17) is 22.6 Å². The van der Waals surface area contributed by atoms with Crippen LogP contribution in [-0.4, -0.2) is 4.98 Å². The minimum absolute atomic E-state index is 0.0122. The van der Waals surface area contributed by atoms with Crippen LogP contribution in [0.2, 0.25) is 0 Å². The number of aromatic nitrogens is 1. The molecule has 0 saturated carbocycles. The Bertz CT molecular complexity index is 387. The number of nitrogens with two attached hydrogens (primary N) is 1. The molecule has 14 heavy (non-hydrogen) atoms. The topological polar surface area (TPSA) is 62.7 Å². The highest BCUT2D eigenvalue weighted by Crippen LogP contribution is 2.30. The third-order valence-corrected chi connectivity index (χ3v) is 1.96. The zero-order chi connectivity index (χ0) is 10.7. The van der Waals surface area contributed by atoms with Crippen LogP contribution in [0.4, 0.5) is 14.5 Å². The summed E-state index contributed by atoms with van der Waals surface area (Å²) in [6, 6.07) is 1.68. The van der Waals surface area contributed by atoms with Gasteiger partial charge in [-0.2, -0.15) is 5.26 Å². The van der Waals surface area contributed by atoms with Gasteiger partial charge in [0.25, 0.3) is 6.43 Å². The van der Waals surface area contributed by atoms with Gasteiger partial charge in [0.15, 0.2) is 0 Å². The SMILES string of the molecule is N#Cc1cnc(CCl)c(C(F)F)c1N. The Morgan fingerprint density at radius 3 is 2.71 bits per heavy atom. The lowest BCUT2D eigenvalue weighted by molar-refractivity contribution is 0.151. The summed E-state index contributed by atoms with van der Waals surface area (Å²) in [6.07, 6.45) is -1.64. The van der Waals surface area contributed by atoms with Gasteiger partial charge in [-0.05, 0) is 0 Å². The van der Waals surface area contributed by atoms with Crippen molar-refractivity contribution >= 4 is 17.3 Å². The van der Waals surface area contributed by atoms with Crippen molar-refractivity contribution in [2.45, 2.75) is 12.3 Å². The number of nitriles is 1. The van der Waals surface area contributed by atoms with Crippen molar-refractivity contribution in [3.63, 3.8) is 0 Å². The second-order valence-electron chi connectivity index (χ2n) is 2.49. The smallest absolute Gasteiger partial charge is 0.267 e. The number of nitrogens with zero attached hydrogens (tertiary/aromatic N) is 2. The fourth-order valence-electron chi connectivity index (χ4n) is 1.02. The molecule has 1 aromatic rings. The molecule has 1 heterocycles. The maximum absolute atomic E-state index is 12.5. The quantitative estimate of drug-likeness (QED) is 0.773. The van der Waals surface area contributed by atoms with Crippen LogP contribution in [0.25, 0.3) is 0 Å². The lowest BCUT2D eigenvalue weighted by Crippen LogP contribution is -2.04. The first-order chi connectivity index (χ1) is 6.61. The summed E-state index contributed by atoms with van der Waals surface area (Å²) in [4.78, 5) is 3.64. The molecule has 1 aromatic heterocycles. The average Bonchev–Trinajstić information content (AvgIpc) is 2.16. The Hall–Kier alpha value is -1.41. The summed E-state index contributed by atoms with van der Waals surface area (Å²) in [5.74, 6) is -0.157. The van der Waals surface area contributed by atoms with Gasteiger partial charge in [-0.15, -0.1) is 11.6 Å². The van der Waals surface area contributed by atoms with Gasteiger partial charge in [0, 0.05) is 6.20 Å². The molecule has 0 aliphatic carbocycles. The minimum Gasteiger partial charge on any atom is -0.397 e. The molecule has 0 atom stereocenters. The molecule has 0 bridgehead atoms. The standard InChI is InChI=1S/C8H6ClF2N3/c9-1-5-6(8(10)11)7(13)4(2-12)3-14-5/h3,8H,1H2,(H2,13,14). The van der Waals surface area contributed by atoms with E-state index in [0.717, 1.165) is 6.20 Å². The minimum atomic E-state index is -2.77. The van der Waals surface area contributed by atoms with Crippen LogP contribution in [0.3, 0.4) is 0 Å². The Kier molecular flexibility index (Phi) is 3.20. The van der Waals surface area contributed by atoms with Crippen molar-refractivity contribution in [1.29, 1.82) is 5.26 Å². The van der Waals surface area contributed by atoms with Crippen LogP contribution in [0, 0.1) is 11.3 Å². The molecule has 0 radical (unpaired) electrons. The van der Waals surface area contributed by atoms with E-state index in [0.29, 0.717) is 0 Å². The average molecular weight is 218 g/mol. The lowest BCUT2D eigenvalue weighted by Gasteiger charge is -2.09. The number of hydrogen-bond acceptors (Lipinski definition) is 3. The molecule has 0 spiro atoms. The van der Waals surface area contributed by atoms with Crippen LogP contribution in [0.15, 0.2) is 6.20 Å². The second-order valence-corrected chi connectivity index (χ2v) is 2.76. The molecule has 0 aliphatic heterocycles. The third-order valence-electron chi connectivity index (χ3n) is 1.71. The molecular weight excluding hydrogens is 212 g/mol. The molecule has 6 heteroatoms. The van der Waals surface area contributed by atoms with Gasteiger partial charge in [0.1, 0.15) is 6.07 Å². The van der Waals surface area contributed by atoms with Crippen molar-refractivity contribution in [2.24, 2.45) is 0 Å². The number of nitrogen functional groups attached to an aromatic ring is 1. The first kappa shape index (κ1) is 10.7. The maximum atomic E-state index is 12.5. The van der Waals surface area contributed by atoms with Gasteiger partial charge in [0.05, 0.1) is 28.4 Å². The normalized spacial score (nSPS) is 10.2. The van der Waals surface area contributed by atoms with Crippen molar-refractivity contribution in [3.8, 4) is 6.07 Å². The van der Waals surface area contributed by atoms with Gasteiger partial charge in [-0.3, -0.25) is 4.98 Å². The molecule has 3 nitrogen and oxygen atoms in total. The number of pyridine rings is 1. The predicted octanol–water partition coefficient (Wildman–Crippen LogP) is 2.21. The molecule has 0 fully saturated rings. The summed E-state index contributed by atoms with van der Waals surface area (Å²) in [5.41, 5.74) is 4.63. The van der Waals surface area contributed by atoms with Gasteiger partial charge in [0.2, 0.25) is 0 Å². The van der Waals surface area contributed by atoms with Gasteiger partial charge in [-0.1, -0.05) is 0 Å². The summed E-state index contributed by atoms with van der Waals surface area (Å²) in [5, 5.41) is 8.54. The van der Waals surface area contributed by atoms with Crippen LogP contribution >= 0.6 is 11.6 Å². The number of halogens is 3. The number of anilines is 1. The third kappa shape index (κ3) is 1.75. The molecule has 2 N–H and O–H groups in total. The predicted molar refractivity (Wildman–Crippen MR) is 47.9 cm³/mol. The lowest BCUT2D eigenvalue weighted by atomic mass is 10.1. The van der Waals surface area contributed by atoms with Crippen LogP contribution < -0.4 is 5.73 Å². The summed E-state index contributed by atoms with van der Waals surface area (Å²) < 4.78 is 25.0. The second kappa shape index (κ2) is 4.20. The number of rotatable bonds is 2. The van der Waals surface area contributed by atoms with Gasteiger partial charge in [-0.25, -0.2) is 8.78 Å². The molecule has 0 amide bonds. The van der Waals surface area contributed by atoms with Crippen LogP contribution in [0.5, 0.6) is 0 Å². The van der Waals surface area contributed by atoms with Crippen molar-refractivity contribution < 1.29 is 8.78 Å². The van der Waals surface area contributed by atoms with E-state index >= 15 is 0 Å². The summed E-state index contributed by atoms with van der Waals surface area (Å²) >= 11 is 5.41. The highest BCUT2D eigenvalue weighted by Gasteiger charge is 2.19. The van der Waals surface area contributed by atoms with Gasteiger partial charge < -0.3 is 5.73 Å². The number of alkyl halides is 3. The molecule has 0 aromatic carbocycles. The Balaban J connectivity index is 3.41. The monoisotopic (exact) mass is 217 g/mol. The maximum Gasteiger partial charge on any atom is 0.267 e. The van der Waals surface area contributed by atoms with Crippen molar-refractivity contribution in [2.75, 3.05) is 5.73 Å². The Morgan fingerprint density at radius 2 is 2.29 bits per heavy atom. The molecular formula is C8H6ClF2N3. The fourth-order valence-corrected chi connectivity index (χ4v) is 1.23. The largest absolute Gasteiger partial charge is 0.397 e. The van der Waals surface area contributed by atoms with E-state index in [9.17, 15) is 8.78 Å². The molecule has 0 saturated heterocycles. The van der Waals surface area contributed by atoms with Crippen LogP contribution in [-0.2, 0) is 5.88 Å². The molecule has 74 valence electrons. The summed E-state index contributed by atoms with van der Waals surface area (Å²) in [7, 11) is 0. The fraction of sp³-hybridized carbons (Fsp3) is 0.250. The molecule has 0 aliphatic rings. The highest BCUT2D eigenvalue weighted by atomic mass is 35.5. The Labute approximate surface area is 84.1 Å². The van der Waals surface area contributed by atoms with E-state index in [2.05, 4.69) is 4.98 Å². The highest BCUT2D eigenvalue weighted by molar-refractivity contribution is 6.17. The molecule has 1 rings (SSSR count). The number of hydrogen-bond donors (Lipinski definition) is 1. The van der Waals surface area contributed by atoms with E-state index in [1.807, 2.05) is 0 Å². The van der Waals surface area contributed by atoms with Gasteiger partial charge >= 0.3 is 0 Å². The molecule has 0 unspecified atom stereocenters. The summed E-state index contributed by atoms with van der Waals surface area (Å²) in [6.45, 7) is 0. The van der Waals surface area contributed by atoms with E-state index in [-0.39, 0.29) is 22.8 Å². The zero-order valence-electron chi connectivity index (χ0n) is 6.97. The van der Waals surface area contributed by atoms with Crippen molar-refractivity contribution in [1.82, 2.24) is 4.98 Å². The zero-order valence-corrected chi connectivity index (χ0v) is 7.72. The van der Waals surface area contributed by atoms with Crippen LogP contribution in [0.1, 0.15) is 23.2 Å². The van der Waals surface area contributed by atoms with Crippen molar-refractivity contribution in [3.05, 3.63) is 23.0 Å².